The first-order valence-corrected chi connectivity index (χ1v) is 6.75. The van der Waals surface area contributed by atoms with Gasteiger partial charge in [-0.2, -0.15) is 5.10 Å². The molecule has 1 amide bonds. The molecule has 5 nitrogen and oxygen atoms in total. The van der Waals surface area contributed by atoms with Crippen LogP contribution in [0.4, 0.5) is 0 Å². The molecule has 1 aromatic rings. The lowest BCUT2D eigenvalue weighted by molar-refractivity contribution is 0.0939. The molecule has 0 radical (unpaired) electrons. The number of carbonyl (C=O) groups is 1. The third kappa shape index (κ3) is 3.10. The minimum atomic E-state index is -0.0170. The van der Waals surface area contributed by atoms with E-state index in [-0.39, 0.29) is 5.91 Å². The van der Waals surface area contributed by atoms with Crippen LogP contribution in [0, 0.1) is 6.92 Å². The van der Waals surface area contributed by atoms with Crippen molar-refractivity contribution in [2.45, 2.75) is 33.2 Å². The highest BCUT2D eigenvalue weighted by molar-refractivity contribution is 5.92. The average Bonchev–Trinajstić information content (AvgIpc) is 2.98. The minimum absolute atomic E-state index is 0.0170. The first-order chi connectivity index (χ1) is 8.70. The Kier molecular flexibility index (Phi) is 4.36. The van der Waals surface area contributed by atoms with E-state index < -0.39 is 0 Å². The Hall–Kier alpha value is -1.36. The van der Waals surface area contributed by atoms with Gasteiger partial charge in [0.15, 0.2) is 0 Å². The fourth-order valence-corrected chi connectivity index (χ4v) is 2.39. The van der Waals surface area contributed by atoms with Crippen LogP contribution in [0.2, 0.25) is 0 Å². The van der Waals surface area contributed by atoms with Crippen molar-refractivity contribution in [2.75, 3.05) is 26.2 Å². The lowest BCUT2D eigenvalue weighted by Gasteiger charge is -2.14. The first-order valence-electron chi connectivity index (χ1n) is 6.75. The van der Waals surface area contributed by atoms with Gasteiger partial charge in [0.1, 0.15) is 5.69 Å². The van der Waals surface area contributed by atoms with Crippen molar-refractivity contribution in [1.29, 1.82) is 0 Å². The second kappa shape index (κ2) is 6.00. The van der Waals surface area contributed by atoms with Crippen LogP contribution < -0.4 is 5.32 Å². The highest BCUT2D eigenvalue weighted by Crippen LogP contribution is 2.06. The molecule has 0 aromatic carbocycles. The summed E-state index contributed by atoms with van der Waals surface area (Å²) in [5.74, 6) is -0.0170. The Morgan fingerprint density at radius 1 is 1.44 bits per heavy atom. The van der Waals surface area contributed by atoms with E-state index in [2.05, 4.69) is 15.3 Å². The first kappa shape index (κ1) is 13.1. The predicted octanol–water partition coefficient (Wildman–Crippen LogP) is 1.04. The smallest absolute Gasteiger partial charge is 0.269 e. The molecule has 0 unspecified atom stereocenters. The van der Waals surface area contributed by atoms with Crippen molar-refractivity contribution >= 4 is 5.91 Å². The molecule has 1 fully saturated rings. The summed E-state index contributed by atoms with van der Waals surface area (Å²) < 4.78 is 1.75. The van der Waals surface area contributed by atoms with Gasteiger partial charge in [-0.15, -0.1) is 0 Å². The Morgan fingerprint density at radius 2 is 2.17 bits per heavy atom. The highest BCUT2D eigenvalue weighted by Gasteiger charge is 2.14. The van der Waals surface area contributed by atoms with E-state index in [1.807, 2.05) is 19.9 Å². The molecule has 0 saturated carbocycles. The summed E-state index contributed by atoms with van der Waals surface area (Å²) >= 11 is 0. The number of hydrogen-bond donors (Lipinski definition) is 1. The number of nitrogens with one attached hydrogen (secondary N) is 1. The predicted molar refractivity (Wildman–Crippen MR) is 70.6 cm³/mol. The lowest BCUT2D eigenvalue weighted by atomic mass is 10.3. The van der Waals surface area contributed by atoms with Gasteiger partial charge in [-0.05, 0) is 45.8 Å². The summed E-state index contributed by atoms with van der Waals surface area (Å²) in [5.41, 5.74) is 1.55. The van der Waals surface area contributed by atoms with E-state index in [9.17, 15) is 4.79 Å². The van der Waals surface area contributed by atoms with Crippen LogP contribution in [0.15, 0.2) is 6.07 Å². The molecule has 0 bridgehead atoms. The van der Waals surface area contributed by atoms with E-state index in [0.29, 0.717) is 12.2 Å². The Bertz CT molecular complexity index is 407. The molecule has 1 aliphatic heterocycles. The van der Waals surface area contributed by atoms with Gasteiger partial charge in [0.25, 0.3) is 5.91 Å². The fraction of sp³-hybridized carbons (Fsp3) is 0.692. The monoisotopic (exact) mass is 250 g/mol. The van der Waals surface area contributed by atoms with E-state index in [4.69, 9.17) is 0 Å². The molecule has 0 spiro atoms. The van der Waals surface area contributed by atoms with Crippen molar-refractivity contribution in [3.8, 4) is 0 Å². The van der Waals surface area contributed by atoms with Crippen LogP contribution in [-0.4, -0.2) is 46.8 Å². The summed E-state index contributed by atoms with van der Waals surface area (Å²) in [5, 5.41) is 7.25. The van der Waals surface area contributed by atoms with Crippen molar-refractivity contribution in [3.63, 3.8) is 0 Å². The topological polar surface area (TPSA) is 50.2 Å². The Balaban J connectivity index is 1.83. The molecule has 2 heterocycles. The molecule has 1 aromatic heterocycles. The van der Waals surface area contributed by atoms with Gasteiger partial charge in [-0.1, -0.05) is 0 Å². The van der Waals surface area contributed by atoms with Crippen LogP contribution in [-0.2, 0) is 6.54 Å². The Morgan fingerprint density at radius 3 is 2.83 bits per heavy atom. The summed E-state index contributed by atoms with van der Waals surface area (Å²) in [6.45, 7) is 8.63. The molecule has 2 rings (SSSR count). The van der Waals surface area contributed by atoms with Gasteiger partial charge >= 0.3 is 0 Å². The molecule has 1 N–H and O–H groups in total. The third-order valence-corrected chi connectivity index (χ3v) is 3.35. The summed E-state index contributed by atoms with van der Waals surface area (Å²) in [6, 6.07) is 1.84. The maximum absolute atomic E-state index is 12.0. The number of rotatable bonds is 5. The maximum Gasteiger partial charge on any atom is 0.269 e. The summed E-state index contributed by atoms with van der Waals surface area (Å²) in [7, 11) is 0. The van der Waals surface area contributed by atoms with E-state index in [1.165, 1.54) is 25.9 Å². The summed E-state index contributed by atoms with van der Waals surface area (Å²) in [4.78, 5) is 14.4. The van der Waals surface area contributed by atoms with Crippen LogP contribution in [0.5, 0.6) is 0 Å². The summed E-state index contributed by atoms with van der Waals surface area (Å²) in [6.07, 6.45) is 2.57. The second-order valence-corrected chi connectivity index (χ2v) is 4.79. The van der Waals surface area contributed by atoms with Crippen molar-refractivity contribution in [2.24, 2.45) is 0 Å². The second-order valence-electron chi connectivity index (χ2n) is 4.79. The zero-order chi connectivity index (χ0) is 13.0. The molecule has 18 heavy (non-hydrogen) atoms. The van der Waals surface area contributed by atoms with Gasteiger partial charge in [0, 0.05) is 19.6 Å². The largest absolute Gasteiger partial charge is 0.349 e. The van der Waals surface area contributed by atoms with Gasteiger partial charge in [0.2, 0.25) is 0 Å². The molecule has 0 aliphatic carbocycles. The van der Waals surface area contributed by atoms with Gasteiger partial charge in [-0.25, -0.2) is 0 Å². The minimum Gasteiger partial charge on any atom is -0.349 e. The quantitative estimate of drug-likeness (QED) is 0.849. The zero-order valence-corrected chi connectivity index (χ0v) is 11.3. The van der Waals surface area contributed by atoms with E-state index >= 15 is 0 Å². The van der Waals surface area contributed by atoms with E-state index in [1.54, 1.807) is 4.68 Å². The number of aromatic nitrogens is 2. The standard InChI is InChI=1S/C13H22N4O/c1-3-17-12(10-11(2)15-17)13(18)14-6-9-16-7-4-5-8-16/h10H,3-9H2,1-2H3,(H,14,18). The lowest BCUT2D eigenvalue weighted by Crippen LogP contribution is -2.34. The zero-order valence-electron chi connectivity index (χ0n) is 11.3. The van der Waals surface area contributed by atoms with Crippen LogP contribution >= 0.6 is 0 Å². The van der Waals surface area contributed by atoms with Crippen LogP contribution in [0.3, 0.4) is 0 Å². The molecule has 5 heteroatoms. The molecule has 1 aliphatic rings. The number of aryl methyl sites for hydroxylation is 2. The van der Waals surface area contributed by atoms with Crippen molar-refractivity contribution < 1.29 is 4.79 Å². The van der Waals surface area contributed by atoms with Gasteiger partial charge in [-0.3, -0.25) is 9.48 Å². The van der Waals surface area contributed by atoms with Crippen LogP contribution in [0.25, 0.3) is 0 Å². The molecule has 0 atom stereocenters. The number of hydrogen-bond acceptors (Lipinski definition) is 3. The highest BCUT2D eigenvalue weighted by atomic mass is 16.2. The number of likely N-dealkylation sites (tertiary alicyclic amines) is 1. The maximum atomic E-state index is 12.0. The SMILES string of the molecule is CCn1nc(C)cc1C(=O)NCCN1CCCC1. The van der Waals surface area contributed by atoms with E-state index in [0.717, 1.165) is 18.8 Å². The molecule has 100 valence electrons. The van der Waals surface area contributed by atoms with Crippen molar-refractivity contribution in [3.05, 3.63) is 17.5 Å². The molecule has 1 saturated heterocycles. The number of nitrogens with zero attached hydrogens (tertiary/aromatic N) is 3. The Labute approximate surface area is 108 Å². The number of amides is 1. The number of carbonyl (C=O) groups excluding carboxylic acids is 1. The fourth-order valence-electron chi connectivity index (χ4n) is 2.39. The van der Waals surface area contributed by atoms with Crippen molar-refractivity contribution in [1.82, 2.24) is 20.0 Å². The van der Waals surface area contributed by atoms with Gasteiger partial charge in [0.05, 0.1) is 5.69 Å². The third-order valence-electron chi connectivity index (χ3n) is 3.35. The molecular weight excluding hydrogens is 228 g/mol. The average molecular weight is 250 g/mol. The van der Waals surface area contributed by atoms with Gasteiger partial charge < -0.3 is 10.2 Å². The normalized spacial score (nSPS) is 16.1. The molecular formula is C13H22N4O. The van der Waals surface area contributed by atoms with Crippen LogP contribution in [0.1, 0.15) is 35.9 Å².